The fourth-order valence-corrected chi connectivity index (χ4v) is 3.66. The van der Waals surface area contributed by atoms with Crippen molar-refractivity contribution in [1.29, 1.82) is 0 Å². The van der Waals surface area contributed by atoms with Gasteiger partial charge in [0.15, 0.2) is 0 Å². The molecular weight excluding hydrogens is 406 g/mol. The highest BCUT2D eigenvalue weighted by Crippen LogP contribution is 2.31. The number of hydrogen-bond donors (Lipinski definition) is 1. The van der Waals surface area contributed by atoms with Crippen molar-refractivity contribution in [2.75, 3.05) is 6.61 Å². The smallest absolute Gasteiger partial charge is 0.263 e. The Kier molecular flexibility index (Phi) is 5.71. The summed E-state index contributed by atoms with van der Waals surface area (Å²) in [6.45, 7) is 0.569. The Morgan fingerprint density at radius 2 is 2.00 bits per heavy atom. The van der Waals surface area contributed by atoms with E-state index in [4.69, 9.17) is 17.0 Å². The van der Waals surface area contributed by atoms with E-state index in [9.17, 15) is 4.79 Å². The maximum Gasteiger partial charge on any atom is 0.263 e. The largest absolute Gasteiger partial charge is 0.493 e. The lowest BCUT2D eigenvalue weighted by atomic mass is 10.1. The molecule has 1 heterocycles. The van der Waals surface area contributed by atoms with Gasteiger partial charge in [0.25, 0.3) is 5.91 Å². The van der Waals surface area contributed by atoms with Crippen LogP contribution in [0.4, 0.5) is 0 Å². The summed E-state index contributed by atoms with van der Waals surface area (Å²) in [7, 11) is 0. The fourth-order valence-electron chi connectivity index (χ4n) is 2.25. The number of carbonyl (C=O) groups is 1. The molecule has 0 aliphatic carbocycles. The van der Waals surface area contributed by atoms with Gasteiger partial charge in [-0.3, -0.25) is 4.79 Å². The second kappa shape index (κ2) is 7.96. The van der Waals surface area contributed by atoms with Crippen LogP contribution < -0.4 is 10.1 Å². The molecule has 0 bridgehead atoms. The van der Waals surface area contributed by atoms with Crippen LogP contribution in [0, 0.1) is 0 Å². The Morgan fingerprint density at radius 3 is 2.71 bits per heavy atom. The first-order chi connectivity index (χ1) is 11.6. The van der Waals surface area contributed by atoms with Crippen molar-refractivity contribution in [2.45, 2.75) is 6.42 Å². The highest BCUT2D eigenvalue weighted by atomic mass is 79.9. The lowest BCUT2D eigenvalue weighted by Crippen LogP contribution is -2.17. The average Bonchev–Trinajstić information content (AvgIpc) is 2.88. The summed E-state index contributed by atoms with van der Waals surface area (Å²) in [6.07, 6.45) is 2.63. The number of rotatable bonds is 5. The van der Waals surface area contributed by atoms with Crippen LogP contribution in [0.2, 0.25) is 0 Å². The number of thioether (sulfide) groups is 1. The maximum atomic E-state index is 11.8. The van der Waals surface area contributed by atoms with Gasteiger partial charge in [-0.25, -0.2) is 0 Å². The molecule has 0 unspecified atom stereocenters. The molecule has 3 rings (SSSR count). The van der Waals surface area contributed by atoms with Crippen LogP contribution in [-0.2, 0) is 11.2 Å². The molecule has 1 aliphatic rings. The summed E-state index contributed by atoms with van der Waals surface area (Å²) in [6, 6.07) is 15.9. The molecule has 0 spiro atoms. The van der Waals surface area contributed by atoms with E-state index >= 15 is 0 Å². The van der Waals surface area contributed by atoms with E-state index in [0.29, 0.717) is 15.8 Å². The van der Waals surface area contributed by atoms with E-state index in [1.54, 1.807) is 0 Å². The summed E-state index contributed by atoms with van der Waals surface area (Å²) in [5.74, 6) is 0.577. The molecule has 3 nitrogen and oxygen atoms in total. The predicted octanol–water partition coefficient (Wildman–Crippen LogP) is 4.56. The summed E-state index contributed by atoms with van der Waals surface area (Å²) in [4.78, 5) is 12.4. The molecule has 1 saturated heterocycles. The molecule has 2 aromatic rings. The number of hydrogen-bond acceptors (Lipinski definition) is 4. The van der Waals surface area contributed by atoms with Crippen LogP contribution in [0.3, 0.4) is 0 Å². The zero-order valence-electron chi connectivity index (χ0n) is 12.6. The first kappa shape index (κ1) is 17.2. The number of amides is 1. The molecule has 2 aromatic carbocycles. The van der Waals surface area contributed by atoms with E-state index in [1.807, 2.05) is 42.5 Å². The normalized spacial score (nSPS) is 15.6. The van der Waals surface area contributed by atoms with Crippen molar-refractivity contribution >= 4 is 56.2 Å². The molecule has 1 amide bonds. The number of thiocarbonyl (C=S) groups is 1. The minimum absolute atomic E-state index is 0.166. The first-order valence-corrected chi connectivity index (χ1v) is 9.35. The summed E-state index contributed by atoms with van der Waals surface area (Å²) >= 11 is 9.75. The highest BCUT2D eigenvalue weighted by Gasteiger charge is 2.22. The average molecular weight is 420 g/mol. The maximum absolute atomic E-state index is 11.8. The fraction of sp³-hybridized carbons (Fsp3) is 0.111. The van der Waals surface area contributed by atoms with Gasteiger partial charge < -0.3 is 10.1 Å². The Bertz CT molecular complexity index is 806. The van der Waals surface area contributed by atoms with Crippen LogP contribution >= 0.6 is 39.9 Å². The summed E-state index contributed by atoms with van der Waals surface area (Å²) in [5, 5.41) is 2.62. The molecule has 0 aromatic heterocycles. The third-order valence-corrected chi connectivity index (χ3v) is 5.05. The zero-order chi connectivity index (χ0) is 16.9. The van der Waals surface area contributed by atoms with Gasteiger partial charge in [0.1, 0.15) is 10.1 Å². The minimum atomic E-state index is -0.166. The molecular formula is C18H14BrNO2S2. The molecule has 0 saturated carbocycles. The van der Waals surface area contributed by atoms with Gasteiger partial charge in [-0.15, -0.1) is 0 Å². The molecule has 6 heteroatoms. The van der Waals surface area contributed by atoms with Crippen molar-refractivity contribution in [1.82, 2.24) is 5.32 Å². The van der Waals surface area contributed by atoms with Crippen molar-refractivity contribution in [3.8, 4) is 5.75 Å². The van der Waals surface area contributed by atoms with Crippen molar-refractivity contribution in [2.24, 2.45) is 0 Å². The Balaban J connectivity index is 1.75. The molecule has 122 valence electrons. The van der Waals surface area contributed by atoms with Crippen LogP contribution in [-0.4, -0.2) is 16.8 Å². The van der Waals surface area contributed by atoms with Gasteiger partial charge in [-0.05, 0) is 29.8 Å². The Hall–Kier alpha value is -1.63. The lowest BCUT2D eigenvalue weighted by Gasteiger charge is -2.10. The predicted molar refractivity (Wildman–Crippen MR) is 106 cm³/mol. The number of carbonyl (C=O) groups excluding carboxylic acids is 1. The lowest BCUT2D eigenvalue weighted by molar-refractivity contribution is -0.115. The zero-order valence-corrected chi connectivity index (χ0v) is 15.8. The van der Waals surface area contributed by atoms with E-state index in [0.717, 1.165) is 22.2 Å². The number of ether oxygens (including phenoxy) is 1. The van der Waals surface area contributed by atoms with Gasteiger partial charge in [-0.2, -0.15) is 0 Å². The molecule has 0 atom stereocenters. The van der Waals surface area contributed by atoms with Gasteiger partial charge in [-0.1, -0.05) is 70.2 Å². The quantitative estimate of drug-likeness (QED) is 0.569. The van der Waals surface area contributed by atoms with Crippen molar-refractivity contribution in [3.63, 3.8) is 0 Å². The topological polar surface area (TPSA) is 38.3 Å². The van der Waals surface area contributed by atoms with E-state index < -0.39 is 0 Å². The standard InChI is InChI=1S/C18H14BrNO2S2/c19-14-6-7-15(22-9-8-12-4-2-1-3-5-12)13(10-14)11-16-17(21)20-18(23)24-16/h1-7,10-11H,8-9H2,(H,20,21,23). The number of halogens is 1. The molecule has 1 fully saturated rings. The van der Waals surface area contributed by atoms with Crippen LogP contribution in [0.5, 0.6) is 5.75 Å². The van der Waals surface area contributed by atoms with E-state index in [2.05, 4.69) is 33.4 Å². The van der Waals surface area contributed by atoms with Gasteiger partial charge in [0, 0.05) is 16.5 Å². The monoisotopic (exact) mass is 419 g/mol. The molecule has 1 aliphatic heterocycles. The number of nitrogens with one attached hydrogen (secondary N) is 1. The van der Waals surface area contributed by atoms with Gasteiger partial charge in [0.2, 0.25) is 0 Å². The third-order valence-electron chi connectivity index (χ3n) is 3.39. The van der Waals surface area contributed by atoms with Gasteiger partial charge in [0.05, 0.1) is 11.5 Å². The minimum Gasteiger partial charge on any atom is -0.493 e. The molecule has 0 radical (unpaired) electrons. The second-order valence-electron chi connectivity index (χ2n) is 5.12. The summed E-state index contributed by atoms with van der Waals surface area (Å²) < 4.78 is 7.34. The van der Waals surface area contributed by atoms with Crippen molar-refractivity contribution < 1.29 is 9.53 Å². The van der Waals surface area contributed by atoms with E-state index in [-0.39, 0.29) is 5.91 Å². The van der Waals surface area contributed by atoms with E-state index in [1.165, 1.54) is 17.3 Å². The van der Waals surface area contributed by atoms with Crippen LogP contribution in [0.25, 0.3) is 6.08 Å². The third kappa shape index (κ3) is 4.47. The molecule has 24 heavy (non-hydrogen) atoms. The molecule has 1 N–H and O–H groups in total. The van der Waals surface area contributed by atoms with Gasteiger partial charge >= 0.3 is 0 Å². The van der Waals surface area contributed by atoms with Crippen molar-refractivity contribution in [3.05, 3.63) is 69.0 Å². The summed E-state index contributed by atoms with van der Waals surface area (Å²) in [5.41, 5.74) is 2.07. The Morgan fingerprint density at radius 1 is 1.21 bits per heavy atom. The first-order valence-electron chi connectivity index (χ1n) is 7.33. The van der Waals surface area contributed by atoms with Crippen LogP contribution in [0.15, 0.2) is 57.9 Å². The SMILES string of the molecule is O=C1NC(=S)SC1=Cc1cc(Br)ccc1OCCc1ccccc1. The van der Waals surface area contributed by atoms with Crippen LogP contribution in [0.1, 0.15) is 11.1 Å². The second-order valence-corrected chi connectivity index (χ2v) is 7.75. The number of benzene rings is 2. The highest BCUT2D eigenvalue weighted by molar-refractivity contribution is 9.10. The Labute approximate surface area is 158 Å².